The predicted molar refractivity (Wildman–Crippen MR) is 184 cm³/mol. The number of pyridine rings is 2. The van der Waals surface area contributed by atoms with Crippen LogP contribution in [0.25, 0.3) is 32.8 Å². The van der Waals surface area contributed by atoms with E-state index in [0.717, 1.165) is 18.8 Å². The average molecular weight is 611 g/mol. The molecule has 5 heteroatoms. The van der Waals surface area contributed by atoms with Crippen molar-refractivity contribution in [2.75, 3.05) is 34.5 Å². The van der Waals surface area contributed by atoms with E-state index in [1.165, 1.54) is 71.9 Å². The first kappa shape index (κ1) is 30.1. The number of fused-ring (bicyclic) bond motifs is 7. The minimum Gasteiger partial charge on any atom is -0.497 e. The Hall–Kier alpha value is -4.58. The summed E-state index contributed by atoms with van der Waals surface area (Å²) >= 11 is 0. The molecule has 2 heterocycles. The topological polar surface area (TPSA) is 35.5 Å². The van der Waals surface area contributed by atoms with Gasteiger partial charge in [0.2, 0.25) is 5.52 Å². The summed E-state index contributed by atoms with van der Waals surface area (Å²) in [5, 5.41) is 3.77. The van der Waals surface area contributed by atoms with E-state index in [9.17, 15) is 0 Å². The molecule has 7 rings (SSSR count). The second-order valence-electron chi connectivity index (χ2n) is 12.5. The molecule has 232 valence electrons. The molecule has 4 aromatic carbocycles. The van der Waals surface area contributed by atoms with E-state index in [1.807, 2.05) is 0 Å². The largest absolute Gasteiger partial charge is 0.497 e. The van der Waals surface area contributed by atoms with Crippen LogP contribution in [-0.2, 0) is 28.0 Å². The van der Waals surface area contributed by atoms with Gasteiger partial charge < -0.3 is 14.2 Å². The first-order chi connectivity index (χ1) is 22.4. The molecule has 6 aromatic rings. The zero-order chi connectivity index (χ0) is 32.0. The van der Waals surface area contributed by atoms with Gasteiger partial charge in [0.05, 0.1) is 17.9 Å². The second-order valence-corrected chi connectivity index (χ2v) is 12.5. The maximum atomic E-state index is 5.66. The molecule has 0 fully saturated rings. The second kappa shape index (κ2) is 12.0. The van der Waals surface area contributed by atoms with Crippen molar-refractivity contribution in [2.24, 2.45) is 0 Å². The first-order valence-electron chi connectivity index (χ1n) is 16.1. The number of rotatable bonds is 9. The zero-order valence-electron chi connectivity index (χ0n) is 27.7. The number of hydrogen-bond donors (Lipinski definition) is 0. The Balaban J connectivity index is 1.69. The molecule has 0 radical (unpaired) electrons. The monoisotopic (exact) mass is 610 g/mol. The van der Waals surface area contributed by atoms with Crippen LogP contribution in [-0.4, -0.2) is 34.5 Å². The highest BCUT2D eigenvalue weighted by molar-refractivity contribution is 6.07. The molecule has 0 amide bonds. The lowest BCUT2D eigenvalue weighted by atomic mass is 9.67. The maximum absolute atomic E-state index is 5.66. The molecule has 5 nitrogen and oxygen atoms in total. The summed E-state index contributed by atoms with van der Waals surface area (Å²) in [4.78, 5) is 0. The van der Waals surface area contributed by atoms with E-state index >= 15 is 0 Å². The summed E-state index contributed by atoms with van der Waals surface area (Å²) in [6, 6.07) is 31.7. The SMILES string of the molecule is COCC[n+]1ccc2c3c(ccc2c1C)-c1c(c[n+](CCOC)c2cc(C)ccc12)C3(c1ccc(C)cc1)c1ccc(OC)cc1. The lowest BCUT2D eigenvalue weighted by Crippen LogP contribution is -2.40. The molecule has 1 aliphatic carbocycles. The third-order valence-corrected chi connectivity index (χ3v) is 9.90. The summed E-state index contributed by atoms with van der Waals surface area (Å²) in [5.74, 6) is 0.846. The fraction of sp³-hybridized carbons (Fsp3) is 0.268. The quantitative estimate of drug-likeness (QED) is 0.163. The summed E-state index contributed by atoms with van der Waals surface area (Å²) in [5.41, 5.74) is 12.0. The van der Waals surface area contributed by atoms with E-state index in [-0.39, 0.29) is 0 Å². The van der Waals surface area contributed by atoms with E-state index in [4.69, 9.17) is 14.2 Å². The first-order valence-corrected chi connectivity index (χ1v) is 16.1. The van der Waals surface area contributed by atoms with Crippen molar-refractivity contribution in [1.82, 2.24) is 0 Å². The van der Waals surface area contributed by atoms with Crippen molar-refractivity contribution in [3.8, 4) is 16.9 Å². The van der Waals surface area contributed by atoms with Gasteiger partial charge in [0, 0.05) is 49.8 Å². The highest BCUT2D eigenvalue weighted by atomic mass is 16.5. The van der Waals surface area contributed by atoms with Crippen LogP contribution in [0.1, 0.15) is 39.1 Å². The van der Waals surface area contributed by atoms with Crippen molar-refractivity contribution in [3.63, 3.8) is 0 Å². The van der Waals surface area contributed by atoms with Crippen molar-refractivity contribution < 1.29 is 23.3 Å². The minimum absolute atomic E-state index is 0.580. The van der Waals surface area contributed by atoms with Gasteiger partial charge in [0.1, 0.15) is 19.0 Å². The molecule has 0 spiro atoms. The predicted octanol–water partition coefficient (Wildman–Crippen LogP) is 7.16. The molecule has 0 saturated carbocycles. The zero-order valence-corrected chi connectivity index (χ0v) is 27.7. The Morgan fingerprint density at radius 3 is 1.93 bits per heavy atom. The summed E-state index contributed by atoms with van der Waals surface area (Å²) in [7, 11) is 5.27. The fourth-order valence-electron chi connectivity index (χ4n) is 7.60. The van der Waals surface area contributed by atoms with Gasteiger partial charge in [0.25, 0.3) is 0 Å². The molecular weight excluding hydrogens is 568 g/mol. The molecule has 0 bridgehead atoms. The summed E-state index contributed by atoms with van der Waals surface area (Å²) in [6.45, 7) is 9.41. The number of aryl methyl sites for hydroxylation is 3. The van der Waals surface area contributed by atoms with Crippen molar-refractivity contribution >= 4 is 21.7 Å². The number of nitrogens with zero attached hydrogens (tertiary/aromatic N) is 2. The smallest absolute Gasteiger partial charge is 0.213 e. The third-order valence-electron chi connectivity index (χ3n) is 9.90. The average Bonchev–Trinajstić information content (AvgIpc) is 3.38. The van der Waals surface area contributed by atoms with E-state index < -0.39 is 5.41 Å². The van der Waals surface area contributed by atoms with Gasteiger partial charge in [0.15, 0.2) is 31.2 Å². The van der Waals surface area contributed by atoms with Gasteiger partial charge in [-0.15, -0.1) is 0 Å². The number of benzene rings is 4. The molecule has 46 heavy (non-hydrogen) atoms. The van der Waals surface area contributed by atoms with E-state index in [2.05, 4.69) is 127 Å². The Bertz CT molecular complexity index is 2080. The number of aromatic nitrogens is 2. The molecule has 1 unspecified atom stereocenters. The Morgan fingerprint density at radius 2 is 1.26 bits per heavy atom. The fourth-order valence-corrected chi connectivity index (χ4v) is 7.60. The van der Waals surface area contributed by atoms with Crippen LogP contribution in [0.4, 0.5) is 0 Å². The van der Waals surface area contributed by atoms with Crippen LogP contribution < -0.4 is 13.9 Å². The molecule has 0 N–H and O–H groups in total. The van der Waals surface area contributed by atoms with Crippen molar-refractivity contribution in [3.05, 3.63) is 136 Å². The highest BCUT2D eigenvalue weighted by Crippen LogP contribution is 2.59. The van der Waals surface area contributed by atoms with Gasteiger partial charge in [-0.05, 0) is 71.3 Å². The van der Waals surface area contributed by atoms with Gasteiger partial charge in [-0.3, -0.25) is 0 Å². The van der Waals surface area contributed by atoms with Crippen LogP contribution in [0.15, 0.2) is 97.3 Å². The van der Waals surface area contributed by atoms with Crippen LogP contribution in [0.2, 0.25) is 0 Å². The summed E-state index contributed by atoms with van der Waals surface area (Å²) in [6.07, 6.45) is 4.63. The molecule has 0 saturated heterocycles. The Kier molecular flexibility index (Phi) is 7.83. The van der Waals surface area contributed by atoms with Crippen molar-refractivity contribution in [1.29, 1.82) is 0 Å². The lowest BCUT2D eigenvalue weighted by Gasteiger charge is -2.34. The lowest BCUT2D eigenvalue weighted by molar-refractivity contribution is -0.702. The van der Waals surface area contributed by atoms with Crippen LogP contribution in [0.3, 0.4) is 0 Å². The number of methoxy groups -OCH3 is 3. The maximum Gasteiger partial charge on any atom is 0.213 e. The van der Waals surface area contributed by atoms with Gasteiger partial charge in [-0.2, -0.15) is 9.13 Å². The van der Waals surface area contributed by atoms with Crippen LogP contribution in [0, 0.1) is 20.8 Å². The highest BCUT2D eigenvalue weighted by Gasteiger charge is 2.50. The van der Waals surface area contributed by atoms with Crippen LogP contribution >= 0.6 is 0 Å². The number of ether oxygens (including phenoxy) is 3. The minimum atomic E-state index is -0.580. The number of hydrogen-bond acceptors (Lipinski definition) is 3. The third kappa shape index (κ3) is 4.60. The Labute approximate surface area is 271 Å². The van der Waals surface area contributed by atoms with Gasteiger partial charge in [-0.1, -0.05) is 54.1 Å². The van der Waals surface area contributed by atoms with Gasteiger partial charge in [-0.25, -0.2) is 0 Å². The van der Waals surface area contributed by atoms with Crippen LogP contribution in [0.5, 0.6) is 5.75 Å². The Morgan fingerprint density at radius 1 is 0.630 bits per heavy atom. The van der Waals surface area contributed by atoms with E-state index in [0.29, 0.717) is 13.2 Å². The molecule has 2 aromatic heterocycles. The van der Waals surface area contributed by atoms with E-state index in [1.54, 1.807) is 21.3 Å². The molecular formula is C41H42N2O3+2. The molecule has 0 aliphatic heterocycles. The summed E-state index contributed by atoms with van der Waals surface area (Å²) < 4.78 is 21.4. The molecule has 1 atom stereocenters. The van der Waals surface area contributed by atoms with Gasteiger partial charge >= 0.3 is 0 Å². The standard InChI is InChI=1S/C41H42N2O3/c1-27-7-10-30(11-8-27)41(31-12-14-32(46-6)15-13-31)37-26-43(22-24-45-5)38-25-28(2)9-16-35(38)39(37)36-18-17-33-29(3)42(21-23-44-4)20-19-34(33)40(36)41/h7-20,25-26H,21-24H2,1-6H3/q+2. The normalized spacial score (nSPS) is 15.3. The molecule has 1 aliphatic rings. The van der Waals surface area contributed by atoms with Crippen molar-refractivity contribution in [2.45, 2.75) is 39.3 Å².